The molecule has 0 aliphatic rings. The number of para-hydroxylation sites is 1. The predicted molar refractivity (Wildman–Crippen MR) is 88.5 cm³/mol. The minimum Gasteiger partial charge on any atom is -0.349 e. The Hall–Kier alpha value is -2.43. The smallest absolute Gasteiger partial charge is 0.270 e. The van der Waals surface area contributed by atoms with Crippen LogP contribution in [0.15, 0.2) is 30.3 Å². The summed E-state index contributed by atoms with van der Waals surface area (Å²) in [6.45, 7) is 7.79. The molecule has 2 aromatic rings. The molecule has 2 N–H and O–H groups in total. The van der Waals surface area contributed by atoms with Gasteiger partial charge >= 0.3 is 0 Å². The number of aromatic nitrogens is 2. The summed E-state index contributed by atoms with van der Waals surface area (Å²) in [6.07, 6.45) is 0.912. The van der Waals surface area contributed by atoms with Crippen molar-refractivity contribution >= 4 is 17.5 Å². The fourth-order valence-electron chi connectivity index (χ4n) is 2.15. The van der Waals surface area contributed by atoms with Gasteiger partial charge in [0, 0.05) is 17.4 Å². The van der Waals surface area contributed by atoms with Crippen molar-refractivity contribution in [3.63, 3.8) is 0 Å². The number of hydrogen-bond acceptors (Lipinski definition) is 4. The van der Waals surface area contributed by atoms with E-state index in [1.807, 2.05) is 39.0 Å². The van der Waals surface area contributed by atoms with Gasteiger partial charge < -0.3 is 10.6 Å². The Kier molecular flexibility index (Phi) is 5.09. The molecule has 22 heavy (non-hydrogen) atoms. The summed E-state index contributed by atoms with van der Waals surface area (Å²) in [5.41, 5.74) is 3.27. The fourth-order valence-corrected chi connectivity index (χ4v) is 2.15. The Morgan fingerprint density at radius 3 is 2.64 bits per heavy atom. The van der Waals surface area contributed by atoms with Gasteiger partial charge in [0.05, 0.1) is 0 Å². The van der Waals surface area contributed by atoms with E-state index in [0.29, 0.717) is 11.6 Å². The molecule has 0 unspecified atom stereocenters. The standard InChI is InChI=1S/C17H22N4O/c1-5-13-8-6-7-9-14(13)20-17-19-12(4)10-15(21-17)16(22)18-11(2)3/h6-11H,5H2,1-4H3,(H,18,22)(H,19,20,21). The van der Waals surface area contributed by atoms with E-state index in [2.05, 4.69) is 33.6 Å². The predicted octanol–water partition coefficient (Wildman–Crippen LogP) is 3.23. The van der Waals surface area contributed by atoms with Crippen LogP contribution in [0.2, 0.25) is 0 Å². The van der Waals surface area contributed by atoms with E-state index in [1.54, 1.807) is 6.07 Å². The van der Waals surface area contributed by atoms with Crippen LogP contribution in [0, 0.1) is 6.92 Å². The maximum Gasteiger partial charge on any atom is 0.270 e. The molecule has 0 saturated heterocycles. The van der Waals surface area contributed by atoms with E-state index < -0.39 is 0 Å². The Balaban J connectivity index is 2.28. The fraction of sp³-hybridized carbons (Fsp3) is 0.353. The molecule has 0 bridgehead atoms. The first kappa shape index (κ1) is 15.9. The van der Waals surface area contributed by atoms with Crippen LogP contribution in [-0.4, -0.2) is 21.9 Å². The monoisotopic (exact) mass is 298 g/mol. The molecule has 1 aromatic heterocycles. The van der Waals surface area contributed by atoms with Crippen molar-refractivity contribution in [3.8, 4) is 0 Å². The Morgan fingerprint density at radius 1 is 1.23 bits per heavy atom. The highest BCUT2D eigenvalue weighted by atomic mass is 16.1. The molecule has 0 fully saturated rings. The molecular formula is C17H22N4O. The van der Waals surface area contributed by atoms with Gasteiger partial charge in [0.25, 0.3) is 5.91 Å². The zero-order valence-electron chi connectivity index (χ0n) is 13.5. The van der Waals surface area contributed by atoms with E-state index >= 15 is 0 Å². The summed E-state index contributed by atoms with van der Waals surface area (Å²) in [5, 5.41) is 6.05. The average Bonchev–Trinajstić information content (AvgIpc) is 2.46. The molecule has 0 saturated carbocycles. The van der Waals surface area contributed by atoms with Crippen molar-refractivity contribution in [1.29, 1.82) is 0 Å². The summed E-state index contributed by atoms with van der Waals surface area (Å²) < 4.78 is 0. The molecule has 1 aromatic carbocycles. The molecule has 1 amide bonds. The number of benzene rings is 1. The third-order valence-corrected chi connectivity index (χ3v) is 3.15. The minimum absolute atomic E-state index is 0.0694. The molecule has 0 aliphatic heterocycles. The lowest BCUT2D eigenvalue weighted by molar-refractivity contribution is 0.0938. The highest BCUT2D eigenvalue weighted by molar-refractivity contribution is 5.92. The third kappa shape index (κ3) is 4.04. The van der Waals surface area contributed by atoms with Gasteiger partial charge in [-0.1, -0.05) is 25.1 Å². The van der Waals surface area contributed by atoms with Crippen LogP contribution in [0.3, 0.4) is 0 Å². The number of anilines is 2. The van der Waals surface area contributed by atoms with Crippen LogP contribution in [0.25, 0.3) is 0 Å². The Morgan fingerprint density at radius 2 is 1.95 bits per heavy atom. The molecule has 1 heterocycles. The molecule has 0 atom stereocenters. The average molecular weight is 298 g/mol. The van der Waals surface area contributed by atoms with Crippen molar-refractivity contribution in [2.24, 2.45) is 0 Å². The lowest BCUT2D eigenvalue weighted by Gasteiger charge is -2.12. The van der Waals surface area contributed by atoms with Crippen molar-refractivity contribution in [1.82, 2.24) is 15.3 Å². The first-order valence-electron chi connectivity index (χ1n) is 7.51. The first-order valence-corrected chi connectivity index (χ1v) is 7.51. The van der Waals surface area contributed by atoms with Crippen LogP contribution >= 0.6 is 0 Å². The van der Waals surface area contributed by atoms with Gasteiger partial charge in [0.2, 0.25) is 5.95 Å². The van der Waals surface area contributed by atoms with E-state index in [-0.39, 0.29) is 11.9 Å². The molecule has 0 spiro atoms. The summed E-state index contributed by atoms with van der Waals surface area (Å²) in [4.78, 5) is 20.8. The van der Waals surface area contributed by atoms with Gasteiger partial charge in [-0.2, -0.15) is 0 Å². The van der Waals surface area contributed by atoms with Gasteiger partial charge in [-0.3, -0.25) is 4.79 Å². The molecule has 5 heteroatoms. The number of rotatable bonds is 5. The summed E-state index contributed by atoms with van der Waals surface area (Å²) in [5.74, 6) is 0.252. The van der Waals surface area contributed by atoms with Crippen LogP contribution in [0.4, 0.5) is 11.6 Å². The van der Waals surface area contributed by atoms with Crippen molar-refractivity contribution in [2.45, 2.75) is 40.2 Å². The zero-order valence-corrected chi connectivity index (χ0v) is 13.5. The second kappa shape index (κ2) is 7.02. The first-order chi connectivity index (χ1) is 10.5. The van der Waals surface area contributed by atoms with E-state index in [9.17, 15) is 4.79 Å². The summed E-state index contributed by atoms with van der Waals surface area (Å²) >= 11 is 0. The van der Waals surface area contributed by atoms with Crippen molar-refractivity contribution in [3.05, 3.63) is 47.3 Å². The van der Waals surface area contributed by atoms with E-state index in [0.717, 1.165) is 17.8 Å². The molecule has 0 radical (unpaired) electrons. The number of nitrogens with zero attached hydrogens (tertiary/aromatic N) is 2. The number of aryl methyl sites for hydroxylation is 2. The zero-order chi connectivity index (χ0) is 16.1. The van der Waals surface area contributed by atoms with Crippen LogP contribution in [0.5, 0.6) is 0 Å². The molecule has 116 valence electrons. The van der Waals surface area contributed by atoms with Gasteiger partial charge in [-0.15, -0.1) is 0 Å². The molecule has 2 rings (SSSR count). The topological polar surface area (TPSA) is 66.9 Å². The van der Waals surface area contributed by atoms with E-state index in [1.165, 1.54) is 5.56 Å². The number of hydrogen-bond donors (Lipinski definition) is 2. The van der Waals surface area contributed by atoms with Gasteiger partial charge in [-0.25, -0.2) is 9.97 Å². The van der Waals surface area contributed by atoms with Crippen LogP contribution in [0.1, 0.15) is 42.5 Å². The lowest BCUT2D eigenvalue weighted by atomic mass is 10.1. The Bertz CT molecular complexity index is 667. The Labute approximate surface area is 131 Å². The third-order valence-electron chi connectivity index (χ3n) is 3.15. The van der Waals surface area contributed by atoms with Crippen molar-refractivity contribution in [2.75, 3.05) is 5.32 Å². The van der Waals surface area contributed by atoms with Crippen molar-refractivity contribution < 1.29 is 4.79 Å². The second-order valence-electron chi connectivity index (χ2n) is 5.48. The quantitative estimate of drug-likeness (QED) is 0.889. The summed E-state index contributed by atoms with van der Waals surface area (Å²) in [7, 11) is 0. The number of carbonyl (C=O) groups is 1. The van der Waals surface area contributed by atoms with Gasteiger partial charge in [0.1, 0.15) is 5.69 Å². The highest BCUT2D eigenvalue weighted by Crippen LogP contribution is 2.19. The highest BCUT2D eigenvalue weighted by Gasteiger charge is 2.12. The van der Waals surface area contributed by atoms with Gasteiger partial charge in [0.15, 0.2) is 0 Å². The molecule has 0 aliphatic carbocycles. The van der Waals surface area contributed by atoms with Crippen LogP contribution < -0.4 is 10.6 Å². The van der Waals surface area contributed by atoms with E-state index in [4.69, 9.17) is 0 Å². The largest absolute Gasteiger partial charge is 0.349 e. The molecular weight excluding hydrogens is 276 g/mol. The second-order valence-corrected chi connectivity index (χ2v) is 5.48. The normalized spacial score (nSPS) is 10.6. The van der Waals surface area contributed by atoms with Gasteiger partial charge in [-0.05, 0) is 44.9 Å². The number of amides is 1. The molecule has 5 nitrogen and oxygen atoms in total. The SMILES string of the molecule is CCc1ccccc1Nc1nc(C)cc(C(=O)NC(C)C)n1. The van der Waals surface area contributed by atoms with Crippen LogP contribution in [-0.2, 0) is 6.42 Å². The number of nitrogens with one attached hydrogen (secondary N) is 2. The number of carbonyl (C=O) groups excluding carboxylic acids is 1. The maximum absolute atomic E-state index is 12.1. The lowest BCUT2D eigenvalue weighted by Crippen LogP contribution is -2.31. The maximum atomic E-state index is 12.1. The summed E-state index contributed by atoms with van der Waals surface area (Å²) in [6, 6.07) is 9.77. The minimum atomic E-state index is -0.188.